The van der Waals surface area contributed by atoms with Crippen LogP contribution >= 0.6 is 34.5 Å². The Labute approximate surface area is 185 Å². The number of non-ortho nitro benzene ring substituents is 1. The summed E-state index contributed by atoms with van der Waals surface area (Å²) >= 11 is 13.4. The smallest absolute Gasteiger partial charge is 0.269 e. The van der Waals surface area contributed by atoms with Gasteiger partial charge in [-0.2, -0.15) is 5.26 Å². The number of nitro benzene ring substituents is 1. The second-order valence-corrected chi connectivity index (χ2v) is 7.98. The van der Waals surface area contributed by atoms with Crippen LogP contribution in [0.4, 0.5) is 10.8 Å². The molecule has 2 aromatic carbocycles. The minimum atomic E-state index is -0.627. The lowest BCUT2D eigenvalue weighted by atomic mass is 10.1. The van der Waals surface area contributed by atoms with Crippen LogP contribution in [0.2, 0.25) is 10.0 Å². The summed E-state index contributed by atoms with van der Waals surface area (Å²) in [6.07, 6.45) is 3.46. The molecule has 1 aromatic heterocycles. The number of anilines is 1. The van der Waals surface area contributed by atoms with E-state index in [2.05, 4.69) is 10.3 Å². The van der Waals surface area contributed by atoms with Crippen LogP contribution in [0.3, 0.4) is 0 Å². The predicted molar refractivity (Wildman–Crippen MR) is 117 cm³/mol. The fraction of sp³-hybridized carbons (Fsp3) is 0.0500. The lowest BCUT2D eigenvalue weighted by Gasteiger charge is -2.03. The van der Waals surface area contributed by atoms with E-state index in [-0.39, 0.29) is 11.3 Å². The van der Waals surface area contributed by atoms with Gasteiger partial charge in [0.25, 0.3) is 11.6 Å². The van der Waals surface area contributed by atoms with Gasteiger partial charge in [0.1, 0.15) is 11.6 Å². The first-order chi connectivity index (χ1) is 14.4. The number of thiazole rings is 1. The van der Waals surface area contributed by atoms with Crippen molar-refractivity contribution >= 4 is 57.3 Å². The van der Waals surface area contributed by atoms with Gasteiger partial charge in [0.05, 0.1) is 4.92 Å². The number of rotatable bonds is 6. The number of halogens is 2. The third-order valence-corrected chi connectivity index (χ3v) is 5.44. The molecule has 0 unspecified atom stereocenters. The van der Waals surface area contributed by atoms with Gasteiger partial charge in [-0.25, -0.2) is 4.98 Å². The summed E-state index contributed by atoms with van der Waals surface area (Å²) < 4.78 is 0. The Morgan fingerprint density at radius 1 is 1.27 bits per heavy atom. The number of nitriles is 1. The summed E-state index contributed by atoms with van der Waals surface area (Å²) in [5.74, 6) is -0.627. The molecule has 7 nitrogen and oxygen atoms in total. The van der Waals surface area contributed by atoms with E-state index in [9.17, 15) is 20.2 Å². The Hall–Kier alpha value is -3.25. The van der Waals surface area contributed by atoms with E-state index in [1.807, 2.05) is 6.07 Å². The van der Waals surface area contributed by atoms with Crippen molar-refractivity contribution in [1.29, 1.82) is 5.26 Å². The van der Waals surface area contributed by atoms with E-state index >= 15 is 0 Å². The first-order valence-electron chi connectivity index (χ1n) is 8.42. The zero-order valence-corrected chi connectivity index (χ0v) is 17.5. The van der Waals surface area contributed by atoms with Gasteiger partial charge in [0.2, 0.25) is 0 Å². The lowest BCUT2D eigenvalue weighted by molar-refractivity contribution is -0.384. The van der Waals surface area contributed by atoms with Crippen molar-refractivity contribution in [2.45, 2.75) is 6.42 Å². The molecule has 0 aliphatic carbocycles. The molecule has 0 saturated heterocycles. The van der Waals surface area contributed by atoms with Crippen LogP contribution in [-0.4, -0.2) is 15.8 Å². The minimum absolute atomic E-state index is 0.0785. The van der Waals surface area contributed by atoms with Gasteiger partial charge in [-0.05, 0) is 47.5 Å². The summed E-state index contributed by atoms with van der Waals surface area (Å²) in [7, 11) is 0. The average Bonchev–Trinajstić information content (AvgIpc) is 3.15. The van der Waals surface area contributed by atoms with Crippen LogP contribution in [0.25, 0.3) is 6.08 Å². The Morgan fingerprint density at radius 2 is 2.00 bits per heavy atom. The van der Waals surface area contributed by atoms with Gasteiger partial charge in [0, 0.05) is 39.7 Å². The highest BCUT2D eigenvalue weighted by molar-refractivity contribution is 7.15. The number of benzene rings is 2. The van der Waals surface area contributed by atoms with Crippen molar-refractivity contribution in [2.75, 3.05) is 5.32 Å². The number of carbonyl (C=O) groups is 1. The second-order valence-electron chi connectivity index (χ2n) is 6.02. The van der Waals surface area contributed by atoms with Crippen molar-refractivity contribution in [3.05, 3.63) is 90.4 Å². The van der Waals surface area contributed by atoms with Crippen molar-refractivity contribution in [1.82, 2.24) is 4.98 Å². The molecular weight excluding hydrogens is 447 g/mol. The zero-order chi connectivity index (χ0) is 21.7. The molecule has 0 fully saturated rings. The van der Waals surface area contributed by atoms with Crippen LogP contribution in [-0.2, 0) is 11.2 Å². The maximum atomic E-state index is 12.4. The molecular formula is C20H12Cl2N4O3S. The molecule has 10 heteroatoms. The molecule has 1 heterocycles. The zero-order valence-electron chi connectivity index (χ0n) is 15.1. The fourth-order valence-corrected chi connectivity index (χ4v) is 3.70. The Kier molecular flexibility index (Phi) is 6.79. The Bertz CT molecular complexity index is 1180. The van der Waals surface area contributed by atoms with E-state index in [0.29, 0.717) is 27.2 Å². The van der Waals surface area contributed by atoms with E-state index < -0.39 is 10.8 Å². The number of hydrogen-bond acceptors (Lipinski definition) is 6. The van der Waals surface area contributed by atoms with E-state index in [0.717, 1.165) is 10.4 Å². The molecule has 1 N–H and O–H groups in total. The van der Waals surface area contributed by atoms with Crippen molar-refractivity contribution in [3.63, 3.8) is 0 Å². The van der Waals surface area contributed by atoms with Crippen molar-refractivity contribution in [2.24, 2.45) is 0 Å². The maximum absolute atomic E-state index is 12.4. The lowest BCUT2D eigenvalue weighted by Crippen LogP contribution is -2.13. The molecule has 1 amide bonds. The summed E-state index contributed by atoms with van der Waals surface area (Å²) in [5, 5.41) is 24.1. The first-order valence-corrected chi connectivity index (χ1v) is 9.99. The number of nitrogens with one attached hydrogen (secondary N) is 1. The van der Waals surface area contributed by atoms with Gasteiger partial charge in [-0.15, -0.1) is 11.3 Å². The van der Waals surface area contributed by atoms with E-state index in [1.54, 1.807) is 24.4 Å². The van der Waals surface area contributed by atoms with E-state index in [4.69, 9.17) is 23.2 Å². The molecule has 0 saturated carbocycles. The molecule has 3 aromatic rings. The number of hydrogen-bond donors (Lipinski definition) is 1. The number of carbonyl (C=O) groups excluding carboxylic acids is 1. The van der Waals surface area contributed by atoms with Crippen LogP contribution in [0.15, 0.2) is 54.2 Å². The normalized spacial score (nSPS) is 11.0. The molecule has 3 rings (SSSR count). The van der Waals surface area contributed by atoms with Crippen LogP contribution in [0, 0.1) is 21.4 Å². The van der Waals surface area contributed by atoms with Gasteiger partial charge < -0.3 is 0 Å². The molecule has 0 bridgehead atoms. The molecule has 0 aliphatic heterocycles. The third kappa shape index (κ3) is 5.42. The summed E-state index contributed by atoms with van der Waals surface area (Å²) in [5.41, 5.74) is 1.09. The van der Waals surface area contributed by atoms with Gasteiger partial charge in [0.15, 0.2) is 5.13 Å². The topological polar surface area (TPSA) is 109 Å². The highest BCUT2D eigenvalue weighted by atomic mass is 35.5. The largest absolute Gasteiger partial charge is 0.297 e. The quantitative estimate of drug-likeness (QED) is 0.227. The number of nitro groups is 1. The number of aromatic nitrogens is 1. The molecule has 0 spiro atoms. The van der Waals surface area contributed by atoms with Crippen molar-refractivity contribution < 1.29 is 9.72 Å². The third-order valence-electron chi connectivity index (χ3n) is 3.93. The molecule has 150 valence electrons. The van der Waals surface area contributed by atoms with Crippen molar-refractivity contribution in [3.8, 4) is 6.07 Å². The molecule has 0 radical (unpaired) electrons. The summed E-state index contributed by atoms with van der Waals surface area (Å²) in [6, 6.07) is 12.5. The van der Waals surface area contributed by atoms with Crippen LogP contribution < -0.4 is 5.32 Å². The standard InChI is InChI=1S/C20H12Cl2N4O3S/c21-15-3-6-18(22)13(8-15)9-17-11-24-20(30-17)25-19(27)14(10-23)7-12-1-4-16(5-2-12)26(28)29/h1-8,11H,9H2,(H,24,25,27). The Morgan fingerprint density at radius 3 is 2.67 bits per heavy atom. The summed E-state index contributed by atoms with van der Waals surface area (Å²) in [6.45, 7) is 0. The highest BCUT2D eigenvalue weighted by Gasteiger charge is 2.13. The van der Waals surface area contributed by atoms with Crippen LogP contribution in [0.1, 0.15) is 16.0 Å². The van der Waals surface area contributed by atoms with E-state index in [1.165, 1.54) is 41.7 Å². The fourth-order valence-electron chi connectivity index (χ4n) is 2.49. The predicted octanol–water partition coefficient (Wildman–Crippen LogP) is 5.49. The highest BCUT2D eigenvalue weighted by Crippen LogP contribution is 2.27. The first kappa shape index (κ1) is 21.5. The second kappa shape index (κ2) is 9.50. The molecule has 0 aliphatic rings. The molecule has 30 heavy (non-hydrogen) atoms. The Balaban J connectivity index is 1.71. The average molecular weight is 459 g/mol. The summed E-state index contributed by atoms with van der Waals surface area (Å²) in [4.78, 5) is 27.6. The monoisotopic (exact) mass is 458 g/mol. The van der Waals surface area contributed by atoms with Gasteiger partial charge in [-0.1, -0.05) is 23.2 Å². The number of amides is 1. The maximum Gasteiger partial charge on any atom is 0.269 e. The molecule has 0 atom stereocenters. The SMILES string of the molecule is N#CC(=Cc1ccc([N+](=O)[O-])cc1)C(=O)Nc1ncc(Cc2cc(Cl)ccc2Cl)s1. The van der Waals surface area contributed by atoms with Gasteiger partial charge >= 0.3 is 0 Å². The minimum Gasteiger partial charge on any atom is -0.297 e. The number of nitrogens with zero attached hydrogens (tertiary/aromatic N) is 3. The van der Waals surface area contributed by atoms with Crippen LogP contribution in [0.5, 0.6) is 0 Å². The van der Waals surface area contributed by atoms with Gasteiger partial charge in [-0.3, -0.25) is 20.2 Å².